The summed E-state index contributed by atoms with van der Waals surface area (Å²) in [5, 5.41) is 3.32. The molecule has 0 saturated heterocycles. The quantitative estimate of drug-likeness (QED) is 0.822. The van der Waals surface area contributed by atoms with Crippen LogP contribution in [0.1, 0.15) is 36.0 Å². The van der Waals surface area contributed by atoms with Gasteiger partial charge in [0.15, 0.2) is 0 Å². The van der Waals surface area contributed by atoms with E-state index in [1.54, 1.807) is 25.3 Å². The summed E-state index contributed by atoms with van der Waals surface area (Å²) < 4.78 is 11.1. The third-order valence-corrected chi connectivity index (χ3v) is 3.48. The molecule has 2 aromatic rings. The highest BCUT2D eigenvalue weighted by atomic mass is 79.9. The predicted molar refractivity (Wildman–Crippen MR) is 80.8 cm³/mol. The van der Waals surface area contributed by atoms with E-state index in [0.717, 1.165) is 15.9 Å². The van der Waals surface area contributed by atoms with Gasteiger partial charge in [-0.05, 0) is 60.1 Å². The molecule has 0 amide bonds. The number of anilines is 1. The van der Waals surface area contributed by atoms with E-state index in [2.05, 4.69) is 21.2 Å². The Balaban J connectivity index is 2.12. The van der Waals surface area contributed by atoms with Crippen molar-refractivity contribution in [2.75, 3.05) is 11.9 Å². The molecule has 0 spiro atoms. The van der Waals surface area contributed by atoms with E-state index in [1.165, 1.54) is 0 Å². The van der Waals surface area contributed by atoms with Crippen LogP contribution in [0.25, 0.3) is 0 Å². The Morgan fingerprint density at radius 2 is 2.25 bits per heavy atom. The second-order valence-corrected chi connectivity index (χ2v) is 5.15. The zero-order valence-electron chi connectivity index (χ0n) is 11.4. The number of rotatable bonds is 5. The van der Waals surface area contributed by atoms with Crippen LogP contribution in [-0.4, -0.2) is 12.6 Å². The number of nitrogens with one attached hydrogen (secondary N) is 1. The fourth-order valence-electron chi connectivity index (χ4n) is 1.82. The van der Waals surface area contributed by atoms with Gasteiger partial charge in [-0.15, -0.1) is 0 Å². The zero-order chi connectivity index (χ0) is 14.5. The molecule has 0 radical (unpaired) electrons. The first-order valence-electron chi connectivity index (χ1n) is 6.38. The molecule has 0 bridgehead atoms. The van der Waals surface area contributed by atoms with Crippen molar-refractivity contribution in [3.63, 3.8) is 0 Å². The van der Waals surface area contributed by atoms with Crippen LogP contribution in [-0.2, 0) is 4.74 Å². The summed E-state index contributed by atoms with van der Waals surface area (Å²) in [6.07, 6.45) is 1.65. The van der Waals surface area contributed by atoms with Gasteiger partial charge >= 0.3 is 5.97 Å². The number of esters is 1. The second kappa shape index (κ2) is 6.61. The van der Waals surface area contributed by atoms with Gasteiger partial charge < -0.3 is 14.5 Å². The molecule has 0 aliphatic rings. The molecule has 1 unspecified atom stereocenters. The van der Waals surface area contributed by atoms with Crippen LogP contribution in [0.5, 0.6) is 0 Å². The lowest BCUT2D eigenvalue weighted by Gasteiger charge is -2.15. The van der Waals surface area contributed by atoms with Crippen LogP contribution in [0.4, 0.5) is 5.69 Å². The molecular formula is C15H16BrNO3. The number of furan rings is 1. The molecule has 0 aliphatic carbocycles. The smallest absolute Gasteiger partial charge is 0.338 e. The van der Waals surface area contributed by atoms with E-state index in [1.807, 2.05) is 25.1 Å². The van der Waals surface area contributed by atoms with E-state index < -0.39 is 0 Å². The highest BCUT2D eigenvalue weighted by Gasteiger charge is 2.12. The second-order valence-electron chi connectivity index (χ2n) is 4.30. The Hall–Kier alpha value is -1.75. The third-order valence-electron chi connectivity index (χ3n) is 2.82. The fraction of sp³-hybridized carbons (Fsp3) is 0.267. The van der Waals surface area contributed by atoms with Crippen molar-refractivity contribution in [1.29, 1.82) is 0 Å². The minimum Gasteiger partial charge on any atom is -0.467 e. The summed E-state index contributed by atoms with van der Waals surface area (Å²) in [7, 11) is 0. The van der Waals surface area contributed by atoms with Crippen molar-refractivity contribution < 1.29 is 13.9 Å². The molecule has 0 aliphatic heterocycles. The maximum atomic E-state index is 11.6. The number of carbonyl (C=O) groups is 1. The number of hydrogen-bond donors (Lipinski definition) is 1. The number of carbonyl (C=O) groups excluding carboxylic acids is 1. The van der Waals surface area contributed by atoms with Crippen LogP contribution < -0.4 is 5.32 Å². The molecule has 2 rings (SSSR count). The highest BCUT2D eigenvalue weighted by Crippen LogP contribution is 2.28. The van der Waals surface area contributed by atoms with Crippen LogP contribution >= 0.6 is 15.9 Å². The van der Waals surface area contributed by atoms with Crippen molar-refractivity contribution in [2.24, 2.45) is 0 Å². The number of hydrogen-bond acceptors (Lipinski definition) is 4. The molecule has 1 N–H and O–H groups in total. The van der Waals surface area contributed by atoms with E-state index in [4.69, 9.17) is 9.15 Å². The summed E-state index contributed by atoms with van der Waals surface area (Å²) in [4.78, 5) is 11.6. The van der Waals surface area contributed by atoms with Gasteiger partial charge in [0.25, 0.3) is 0 Å². The van der Waals surface area contributed by atoms with Gasteiger partial charge in [-0.25, -0.2) is 4.79 Å². The molecule has 1 atom stereocenters. The Kier molecular flexibility index (Phi) is 4.84. The van der Waals surface area contributed by atoms with E-state index in [0.29, 0.717) is 12.2 Å². The lowest BCUT2D eigenvalue weighted by molar-refractivity contribution is 0.0526. The Bertz CT molecular complexity index is 581. The first-order chi connectivity index (χ1) is 9.61. The molecule has 0 saturated carbocycles. The van der Waals surface area contributed by atoms with Crippen LogP contribution in [0.3, 0.4) is 0 Å². The zero-order valence-corrected chi connectivity index (χ0v) is 12.9. The van der Waals surface area contributed by atoms with Gasteiger partial charge in [-0.1, -0.05) is 0 Å². The van der Waals surface area contributed by atoms with Crippen molar-refractivity contribution >= 4 is 27.6 Å². The van der Waals surface area contributed by atoms with Crippen LogP contribution in [0.2, 0.25) is 0 Å². The van der Waals surface area contributed by atoms with Gasteiger partial charge in [0, 0.05) is 10.2 Å². The first-order valence-corrected chi connectivity index (χ1v) is 7.17. The van der Waals surface area contributed by atoms with Crippen LogP contribution in [0.15, 0.2) is 45.5 Å². The SMILES string of the molecule is CCOC(=O)c1ccc(NC(C)c2ccco2)c(Br)c1. The molecule has 20 heavy (non-hydrogen) atoms. The summed E-state index contributed by atoms with van der Waals surface area (Å²) in [6.45, 7) is 4.16. The number of benzene rings is 1. The molecule has 5 heteroatoms. The summed E-state index contributed by atoms with van der Waals surface area (Å²) in [5.41, 5.74) is 1.41. The normalized spacial score (nSPS) is 11.9. The Morgan fingerprint density at radius 3 is 2.85 bits per heavy atom. The van der Waals surface area contributed by atoms with Crippen molar-refractivity contribution in [3.8, 4) is 0 Å². The van der Waals surface area contributed by atoms with Gasteiger partial charge in [0.05, 0.1) is 24.5 Å². The summed E-state index contributed by atoms with van der Waals surface area (Å²) >= 11 is 3.46. The van der Waals surface area contributed by atoms with Gasteiger partial charge in [-0.3, -0.25) is 0 Å². The molecule has 106 valence electrons. The Labute approximate surface area is 126 Å². The average Bonchev–Trinajstić information content (AvgIpc) is 2.95. The standard InChI is InChI=1S/C15H16BrNO3/c1-3-19-15(18)11-6-7-13(12(16)9-11)17-10(2)14-5-4-8-20-14/h4-10,17H,3H2,1-2H3. The van der Waals surface area contributed by atoms with Crippen molar-refractivity contribution in [1.82, 2.24) is 0 Å². The maximum absolute atomic E-state index is 11.6. The van der Waals surface area contributed by atoms with Crippen molar-refractivity contribution in [2.45, 2.75) is 19.9 Å². The topological polar surface area (TPSA) is 51.5 Å². The third kappa shape index (κ3) is 3.42. The molecule has 0 fully saturated rings. The lowest BCUT2D eigenvalue weighted by Crippen LogP contribution is -2.08. The lowest BCUT2D eigenvalue weighted by atomic mass is 10.2. The molecule has 4 nitrogen and oxygen atoms in total. The van der Waals surface area contributed by atoms with E-state index in [-0.39, 0.29) is 12.0 Å². The van der Waals surface area contributed by atoms with Gasteiger partial charge in [-0.2, -0.15) is 0 Å². The largest absolute Gasteiger partial charge is 0.467 e. The van der Waals surface area contributed by atoms with Crippen molar-refractivity contribution in [3.05, 3.63) is 52.4 Å². The van der Waals surface area contributed by atoms with Gasteiger partial charge in [0.2, 0.25) is 0 Å². The van der Waals surface area contributed by atoms with Crippen LogP contribution in [0, 0.1) is 0 Å². The van der Waals surface area contributed by atoms with E-state index >= 15 is 0 Å². The minimum atomic E-state index is -0.321. The monoisotopic (exact) mass is 337 g/mol. The molecular weight excluding hydrogens is 322 g/mol. The summed E-state index contributed by atoms with van der Waals surface area (Å²) in [5.74, 6) is 0.533. The highest BCUT2D eigenvalue weighted by molar-refractivity contribution is 9.10. The average molecular weight is 338 g/mol. The predicted octanol–water partition coefficient (Wildman–Crippen LogP) is 4.39. The summed E-state index contributed by atoms with van der Waals surface area (Å²) in [6, 6.07) is 9.13. The fourth-order valence-corrected chi connectivity index (χ4v) is 2.31. The first kappa shape index (κ1) is 14.7. The van der Waals surface area contributed by atoms with Gasteiger partial charge in [0.1, 0.15) is 5.76 Å². The Morgan fingerprint density at radius 1 is 1.45 bits per heavy atom. The molecule has 1 heterocycles. The number of ether oxygens (including phenoxy) is 1. The minimum absolute atomic E-state index is 0.0368. The number of halogens is 1. The maximum Gasteiger partial charge on any atom is 0.338 e. The molecule has 1 aromatic carbocycles. The van der Waals surface area contributed by atoms with E-state index in [9.17, 15) is 4.79 Å². The molecule has 1 aromatic heterocycles.